The molecular formula is C19H23N3O. The first kappa shape index (κ1) is 14.6. The van der Waals surface area contributed by atoms with Crippen LogP contribution in [-0.2, 0) is 11.8 Å². The van der Waals surface area contributed by atoms with Crippen molar-refractivity contribution >= 4 is 5.78 Å². The normalized spacial score (nSPS) is 22.1. The molecule has 0 aliphatic heterocycles. The SMILES string of the molecule is Cn1ccc(-c2cc(C3CCC(=O)C3)ncc2C2CCCC2)n1. The van der Waals surface area contributed by atoms with E-state index in [1.807, 2.05) is 17.9 Å². The second-order valence-corrected chi connectivity index (χ2v) is 7.03. The quantitative estimate of drug-likeness (QED) is 0.861. The standard InChI is InChI=1S/C19H23N3O/c1-22-9-8-18(21-22)16-11-19(14-6-7-15(23)10-14)20-12-17(16)13-4-2-3-5-13/h8-9,11-14H,2-7,10H2,1H3. The summed E-state index contributed by atoms with van der Waals surface area (Å²) in [6.07, 6.45) is 11.5. The Labute approximate surface area is 136 Å². The first-order chi connectivity index (χ1) is 11.2. The van der Waals surface area contributed by atoms with Crippen LogP contribution in [0.15, 0.2) is 24.5 Å². The summed E-state index contributed by atoms with van der Waals surface area (Å²) in [4.78, 5) is 16.4. The van der Waals surface area contributed by atoms with E-state index in [-0.39, 0.29) is 0 Å². The number of carbonyl (C=O) groups is 1. The molecule has 2 aliphatic rings. The lowest BCUT2D eigenvalue weighted by Gasteiger charge is -2.17. The summed E-state index contributed by atoms with van der Waals surface area (Å²) in [7, 11) is 1.95. The molecule has 0 amide bonds. The molecule has 1 atom stereocenters. The van der Waals surface area contributed by atoms with Gasteiger partial charge in [-0.3, -0.25) is 14.5 Å². The Balaban J connectivity index is 1.75. The lowest BCUT2D eigenvalue weighted by Crippen LogP contribution is -2.04. The smallest absolute Gasteiger partial charge is 0.133 e. The minimum absolute atomic E-state index is 0.294. The van der Waals surface area contributed by atoms with E-state index >= 15 is 0 Å². The van der Waals surface area contributed by atoms with Crippen LogP contribution in [0.1, 0.15) is 68.0 Å². The number of carbonyl (C=O) groups excluding carboxylic acids is 1. The molecule has 4 heteroatoms. The zero-order chi connectivity index (χ0) is 15.8. The number of rotatable bonds is 3. The van der Waals surface area contributed by atoms with Crippen LogP contribution >= 0.6 is 0 Å². The predicted octanol–water partition coefficient (Wildman–Crippen LogP) is 3.98. The van der Waals surface area contributed by atoms with Gasteiger partial charge in [-0.05, 0) is 42.9 Å². The monoisotopic (exact) mass is 309 g/mol. The zero-order valence-electron chi connectivity index (χ0n) is 13.7. The molecule has 0 spiro atoms. The van der Waals surface area contributed by atoms with Crippen molar-refractivity contribution < 1.29 is 4.79 Å². The van der Waals surface area contributed by atoms with Crippen molar-refractivity contribution in [3.05, 3.63) is 35.8 Å². The fourth-order valence-corrected chi connectivity index (χ4v) is 4.11. The number of Topliss-reactive ketones (excluding diaryl/α,β-unsaturated/α-hetero) is 1. The Morgan fingerprint density at radius 2 is 2.00 bits per heavy atom. The van der Waals surface area contributed by atoms with Gasteiger partial charge >= 0.3 is 0 Å². The van der Waals surface area contributed by atoms with Gasteiger partial charge in [0.15, 0.2) is 0 Å². The van der Waals surface area contributed by atoms with Gasteiger partial charge in [-0.1, -0.05) is 12.8 Å². The molecule has 0 N–H and O–H groups in total. The predicted molar refractivity (Wildman–Crippen MR) is 89.2 cm³/mol. The van der Waals surface area contributed by atoms with Crippen LogP contribution in [0.5, 0.6) is 0 Å². The molecular weight excluding hydrogens is 286 g/mol. The maximum atomic E-state index is 11.6. The van der Waals surface area contributed by atoms with E-state index in [1.54, 1.807) is 0 Å². The number of nitrogens with zero attached hydrogens (tertiary/aromatic N) is 3. The number of pyridine rings is 1. The Bertz CT molecular complexity index is 728. The maximum Gasteiger partial charge on any atom is 0.133 e. The molecule has 120 valence electrons. The molecule has 23 heavy (non-hydrogen) atoms. The van der Waals surface area contributed by atoms with E-state index in [1.165, 1.54) is 36.8 Å². The van der Waals surface area contributed by atoms with Gasteiger partial charge in [0, 0.05) is 49.5 Å². The van der Waals surface area contributed by atoms with Crippen LogP contribution in [0.4, 0.5) is 0 Å². The van der Waals surface area contributed by atoms with Crippen molar-refractivity contribution in [3.8, 4) is 11.3 Å². The van der Waals surface area contributed by atoms with E-state index in [0.29, 0.717) is 30.5 Å². The third-order valence-corrected chi connectivity index (χ3v) is 5.40. The Morgan fingerprint density at radius 3 is 2.65 bits per heavy atom. The molecule has 0 bridgehead atoms. The van der Waals surface area contributed by atoms with Gasteiger partial charge in [0.2, 0.25) is 0 Å². The summed E-state index contributed by atoms with van der Waals surface area (Å²) in [5.74, 6) is 1.28. The average molecular weight is 309 g/mol. The fraction of sp³-hybridized carbons (Fsp3) is 0.526. The maximum absolute atomic E-state index is 11.6. The molecule has 2 heterocycles. The highest BCUT2D eigenvalue weighted by Gasteiger charge is 2.27. The van der Waals surface area contributed by atoms with E-state index in [4.69, 9.17) is 4.98 Å². The number of hydrogen-bond acceptors (Lipinski definition) is 3. The summed E-state index contributed by atoms with van der Waals surface area (Å²) in [5, 5.41) is 4.62. The van der Waals surface area contributed by atoms with Crippen molar-refractivity contribution in [2.75, 3.05) is 0 Å². The summed E-state index contributed by atoms with van der Waals surface area (Å²) in [5.41, 5.74) is 4.66. The highest BCUT2D eigenvalue weighted by atomic mass is 16.1. The third kappa shape index (κ3) is 2.82. The van der Waals surface area contributed by atoms with Gasteiger partial charge in [0.1, 0.15) is 5.78 Å². The Kier molecular flexibility index (Phi) is 3.76. The summed E-state index contributed by atoms with van der Waals surface area (Å²) in [6, 6.07) is 4.29. The van der Waals surface area contributed by atoms with Gasteiger partial charge in [-0.15, -0.1) is 0 Å². The number of aromatic nitrogens is 3. The summed E-state index contributed by atoms with van der Waals surface area (Å²) < 4.78 is 1.85. The van der Waals surface area contributed by atoms with Gasteiger partial charge in [0.05, 0.1) is 5.69 Å². The molecule has 0 aromatic carbocycles. The average Bonchev–Trinajstić information content (AvgIpc) is 3.28. The van der Waals surface area contributed by atoms with Crippen molar-refractivity contribution in [1.82, 2.24) is 14.8 Å². The second kappa shape index (κ2) is 5.91. The third-order valence-electron chi connectivity index (χ3n) is 5.40. The Morgan fingerprint density at radius 1 is 1.17 bits per heavy atom. The first-order valence-electron chi connectivity index (χ1n) is 8.72. The first-order valence-corrected chi connectivity index (χ1v) is 8.72. The van der Waals surface area contributed by atoms with Gasteiger partial charge < -0.3 is 0 Å². The highest BCUT2D eigenvalue weighted by Crippen LogP contribution is 2.40. The molecule has 2 saturated carbocycles. The number of ketones is 1. The fourth-order valence-electron chi connectivity index (χ4n) is 4.11. The Hall–Kier alpha value is -1.97. The van der Waals surface area contributed by atoms with Crippen molar-refractivity contribution in [2.45, 2.75) is 56.8 Å². The summed E-state index contributed by atoms with van der Waals surface area (Å²) in [6.45, 7) is 0. The zero-order valence-corrected chi connectivity index (χ0v) is 13.7. The van der Waals surface area contributed by atoms with E-state index in [0.717, 1.165) is 17.8 Å². The molecule has 2 aromatic heterocycles. The molecule has 4 nitrogen and oxygen atoms in total. The molecule has 1 unspecified atom stereocenters. The second-order valence-electron chi connectivity index (χ2n) is 7.03. The van der Waals surface area contributed by atoms with Crippen molar-refractivity contribution in [1.29, 1.82) is 0 Å². The number of aryl methyl sites for hydroxylation is 1. The lowest BCUT2D eigenvalue weighted by atomic mass is 9.91. The van der Waals surface area contributed by atoms with Gasteiger partial charge in [-0.2, -0.15) is 5.10 Å². The highest BCUT2D eigenvalue weighted by molar-refractivity contribution is 5.81. The lowest BCUT2D eigenvalue weighted by molar-refractivity contribution is -0.117. The summed E-state index contributed by atoms with van der Waals surface area (Å²) >= 11 is 0. The van der Waals surface area contributed by atoms with Crippen LogP contribution in [0.2, 0.25) is 0 Å². The van der Waals surface area contributed by atoms with Crippen molar-refractivity contribution in [3.63, 3.8) is 0 Å². The molecule has 0 radical (unpaired) electrons. The van der Waals surface area contributed by atoms with Crippen LogP contribution in [-0.4, -0.2) is 20.5 Å². The van der Waals surface area contributed by atoms with Gasteiger partial charge in [0.25, 0.3) is 0 Å². The van der Waals surface area contributed by atoms with Crippen molar-refractivity contribution in [2.24, 2.45) is 7.05 Å². The van der Waals surface area contributed by atoms with Crippen LogP contribution in [0.3, 0.4) is 0 Å². The van der Waals surface area contributed by atoms with Crippen LogP contribution < -0.4 is 0 Å². The molecule has 2 aliphatic carbocycles. The van der Waals surface area contributed by atoms with Crippen LogP contribution in [0, 0.1) is 0 Å². The van der Waals surface area contributed by atoms with Crippen LogP contribution in [0.25, 0.3) is 11.3 Å². The molecule has 0 saturated heterocycles. The van der Waals surface area contributed by atoms with E-state index in [9.17, 15) is 4.79 Å². The van der Waals surface area contributed by atoms with E-state index in [2.05, 4.69) is 23.4 Å². The minimum atomic E-state index is 0.294. The molecule has 2 fully saturated rings. The molecule has 2 aromatic rings. The minimum Gasteiger partial charge on any atom is -0.300 e. The van der Waals surface area contributed by atoms with Gasteiger partial charge in [-0.25, -0.2) is 0 Å². The molecule has 4 rings (SSSR count). The number of hydrogen-bond donors (Lipinski definition) is 0. The topological polar surface area (TPSA) is 47.8 Å². The largest absolute Gasteiger partial charge is 0.300 e. The van der Waals surface area contributed by atoms with E-state index < -0.39 is 0 Å².